The number of esters is 1. The first-order valence-corrected chi connectivity index (χ1v) is 7.54. The molecular weight excluding hydrogens is 290 g/mol. The van der Waals surface area contributed by atoms with Crippen LogP contribution in [0.4, 0.5) is 5.82 Å². The van der Waals surface area contributed by atoms with Gasteiger partial charge in [-0.2, -0.15) is 0 Å². The van der Waals surface area contributed by atoms with Gasteiger partial charge in [-0.15, -0.1) is 0 Å². The van der Waals surface area contributed by atoms with E-state index in [0.29, 0.717) is 18.5 Å². The topological polar surface area (TPSA) is 64.1 Å². The molecule has 1 N–H and O–H groups in total. The second-order valence-electron chi connectivity index (χ2n) is 4.64. The molecule has 0 aliphatic carbocycles. The van der Waals surface area contributed by atoms with Gasteiger partial charge in [-0.3, -0.25) is 0 Å². The summed E-state index contributed by atoms with van der Waals surface area (Å²) in [6, 6.07) is 0.296. The molecule has 0 aliphatic heterocycles. The Hall–Kier alpha value is -1.62. The SMILES string of the molecule is CCOC(=O)/C=C(\C)c1cnc(Cl)nc1NC(CC)CC. The van der Waals surface area contributed by atoms with Crippen LogP contribution in [0.3, 0.4) is 0 Å². The van der Waals surface area contributed by atoms with Crippen molar-refractivity contribution in [1.82, 2.24) is 9.97 Å². The number of ether oxygens (including phenoxy) is 1. The second kappa shape index (κ2) is 8.62. The summed E-state index contributed by atoms with van der Waals surface area (Å²) >= 11 is 5.87. The van der Waals surface area contributed by atoms with E-state index in [-0.39, 0.29) is 11.3 Å². The van der Waals surface area contributed by atoms with Gasteiger partial charge >= 0.3 is 5.97 Å². The zero-order valence-electron chi connectivity index (χ0n) is 12.9. The summed E-state index contributed by atoms with van der Waals surface area (Å²) in [6.45, 7) is 8.14. The molecule has 0 saturated heterocycles. The minimum Gasteiger partial charge on any atom is -0.463 e. The monoisotopic (exact) mass is 311 g/mol. The summed E-state index contributed by atoms with van der Waals surface area (Å²) in [5, 5.41) is 3.52. The smallest absolute Gasteiger partial charge is 0.331 e. The number of hydrogen-bond donors (Lipinski definition) is 1. The molecule has 0 spiro atoms. The molecule has 0 radical (unpaired) electrons. The van der Waals surface area contributed by atoms with E-state index in [2.05, 4.69) is 29.1 Å². The molecule has 1 aromatic heterocycles. The summed E-state index contributed by atoms with van der Waals surface area (Å²) in [7, 11) is 0. The molecule has 0 saturated carbocycles. The van der Waals surface area contributed by atoms with E-state index in [9.17, 15) is 4.79 Å². The van der Waals surface area contributed by atoms with E-state index < -0.39 is 0 Å². The number of anilines is 1. The fourth-order valence-corrected chi connectivity index (χ4v) is 2.02. The molecule has 0 atom stereocenters. The Morgan fingerprint density at radius 1 is 1.43 bits per heavy atom. The highest BCUT2D eigenvalue weighted by molar-refractivity contribution is 6.28. The highest BCUT2D eigenvalue weighted by atomic mass is 35.5. The Balaban J connectivity index is 3.08. The standard InChI is InChI=1S/C15H22ClN3O2/c1-5-11(6-2)18-14-12(9-17-15(16)19-14)10(4)8-13(20)21-7-3/h8-9,11H,5-7H2,1-4H3,(H,17,18,19)/b10-8+. The summed E-state index contributed by atoms with van der Waals surface area (Å²) in [5.41, 5.74) is 1.48. The number of hydrogen-bond acceptors (Lipinski definition) is 5. The van der Waals surface area contributed by atoms with Crippen LogP contribution >= 0.6 is 11.6 Å². The molecule has 1 heterocycles. The van der Waals surface area contributed by atoms with Gasteiger partial charge in [-0.1, -0.05) is 13.8 Å². The molecule has 0 fully saturated rings. The zero-order chi connectivity index (χ0) is 15.8. The minimum absolute atomic E-state index is 0.177. The molecule has 0 aliphatic rings. The lowest BCUT2D eigenvalue weighted by molar-refractivity contribution is -0.137. The van der Waals surface area contributed by atoms with Crippen LogP contribution in [-0.2, 0) is 9.53 Å². The third kappa shape index (κ3) is 5.34. The first kappa shape index (κ1) is 17.4. The molecule has 0 amide bonds. The van der Waals surface area contributed by atoms with Gasteiger partial charge in [0.2, 0.25) is 5.28 Å². The first-order chi connectivity index (χ1) is 10.0. The van der Waals surface area contributed by atoms with Crippen molar-refractivity contribution in [2.75, 3.05) is 11.9 Å². The van der Waals surface area contributed by atoms with Gasteiger partial charge in [-0.05, 0) is 43.9 Å². The Bertz CT molecular complexity index is 514. The number of aromatic nitrogens is 2. The number of rotatable bonds is 7. The minimum atomic E-state index is -0.376. The Morgan fingerprint density at radius 3 is 2.67 bits per heavy atom. The normalized spacial score (nSPS) is 11.6. The van der Waals surface area contributed by atoms with Crippen molar-refractivity contribution >= 4 is 29.0 Å². The van der Waals surface area contributed by atoms with Crippen LogP contribution in [0.25, 0.3) is 5.57 Å². The maximum Gasteiger partial charge on any atom is 0.331 e. The predicted octanol–water partition coefficient (Wildman–Crippen LogP) is 3.70. The van der Waals surface area contributed by atoms with E-state index in [1.165, 1.54) is 6.08 Å². The fourth-order valence-electron chi connectivity index (χ4n) is 1.88. The average Bonchev–Trinajstić information content (AvgIpc) is 2.44. The van der Waals surface area contributed by atoms with Crippen molar-refractivity contribution in [3.63, 3.8) is 0 Å². The molecule has 6 heteroatoms. The highest BCUT2D eigenvalue weighted by Gasteiger charge is 2.13. The lowest BCUT2D eigenvalue weighted by Crippen LogP contribution is -2.19. The van der Waals surface area contributed by atoms with E-state index >= 15 is 0 Å². The van der Waals surface area contributed by atoms with E-state index in [1.54, 1.807) is 13.1 Å². The van der Waals surface area contributed by atoms with Gasteiger partial charge in [0.15, 0.2) is 0 Å². The van der Waals surface area contributed by atoms with Crippen LogP contribution in [0.2, 0.25) is 5.28 Å². The second-order valence-corrected chi connectivity index (χ2v) is 4.98. The summed E-state index contributed by atoms with van der Waals surface area (Å²) in [6.07, 6.45) is 5.00. The van der Waals surface area contributed by atoms with Crippen LogP contribution in [0.15, 0.2) is 12.3 Å². The van der Waals surface area contributed by atoms with E-state index in [1.807, 2.05) is 6.92 Å². The maximum absolute atomic E-state index is 11.6. The third-order valence-electron chi connectivity index (χ3n) is 3.13. The molecule has 1 rings (SSSR count). The number of carbonyl (C=O) groups excluding carboxylic acids is 1. The van der Waals surface area contributed by atoms with Gasteiger partial charge in [-0.25, -0.2) is 14.8 Å². The molecule has 1 aromatic rings. The molecule has 0 aromatic carbocycles. The number of nitrogens with zero attached hydrogens (tertiary/aromatic N) is 2. The van der Waals surface area contributed by atoms with Gasteiger partial charge in [0.25, 0.3) is 0 Å². The molecule has 0 unspecified atom stereocenters. The summed E-state index contributed by atoms with van der Waals surface area (Å²) < 4.78 is 4.92. The van der Waals surface area contributed by atoms with Crippen LogP contribution in [0.5, 0.6) is 0 Å². The van der Waals surface area contributed by atoms with E-state index in [4.69, 9.17) is 16.3 Å². The molecule has 21 heavy (non-hydrogen) atoms. The third-order valence-corrected chi connectivity index (χ3v) is 3.31. The number of halogens is 1. The largest absolute Gasteiger partial charge is 0.463 e. The van der Waals surface area contributed by atoms with E-state index in [0.717, 1.165) is 24.0 Å². The first-order valence-electron chi connectivity index (χ1n) is 7.16. The molecule has 5 nitrogen and oxygen atoms in total. The maximum atomic E-state index is 11.6. The highest BCUT2D eigenvalue weighted by Crippen LogP contribution is 2.24. The quantitative estimate of drug-likeness (QED) is 0.472. The predicted molar refractivity (Wildman–Crippen MR) is 85.3 cm³/mol. The number of carbonyl (C=O) groups is 1. The lowest BCUT2D eigenvalue weighted by Gasteiger charge is -2.18. The molecule has 116 valence electrons. The Labute approximate surface area is 130 Å². The van der Waals surface area contributed by atoms with Crippen molar-refractivity contribution in [1.29, 1.82) is 0 Å². The Morgan fingerprint density at radius 2 is 2.10 bits per heavy atom. The van der Waals surface area contributed by atoms with Gasteiger partial charge in [0.1, 0.15) is 5.82 Å². The van der Waals surface area contributed by atoms with Gasteiger partial charge in [0, 0.05) is 23.9 Å². The van der Waals surface area contributed by atoms with Crippen LogP contribution in [-0.4, -0.2) is 28.6 Å². The summed E-state index contributed by atoms with van der Waals surface area (Å²) in [4.78, 5) is 19.8. The summed E-state index contributed by atoms with van der Waals surface area (Å²) in [5.74, 6) is 0.264. The lowest BCUT2D eigenvalue weighted by atomic mass is 10.1. The van der Waals surface area contributed by atoms with Crippen molar-refractivity contribution in [2.45, 2.75) is 46.6 Å². The zero-order valence-corrected chi connectivity index (χ0v) is 13.7. The fraction of sp³-hybridized carbons (Fsp3) is 0.533. The van der Waals surface area contributed by atoms with Gasteiger partial charge < -0.3 is 10.1 Å². The van der Waals surface area contributed by atoms with Crippen molar-refractivity contribution in [3.05, 3.63) is 23.1 Å². The van der Waals surface area contributed by atoms with Crippen molar-refractivity contribution in [2.24, 2.45) is 0 Å². The van der Waals surface area contributed by atoms with Crippen LogP contribution in [0.1, 0.15) is 46.1 Å². The Kier molecular flexibility index (Phi) is 7.15. The number of allylic oxidation sites excluding steroid dienone is 1. The van der Waals surface area contributed by atoms with Crippen LogP contribution in [0, 0.1) is 0 Å². The average molecular weight is 312 g/mol. The van der Waals surface area contributed by atoms with Crippen LogP contribution < -0.4 is 5.32 Å². The number of nitrogens with one attached hydrogen (secondary N) is 1. The van der Waals surface area contributed by atoms with Crippen molar-refractivity contribution < 1.29 is 9.53 Å². The van der Waals surface area contributed by atoms with Gasteiger partial charge in [0.05, 0.1) is 6.61 Å². The van der Waals surface area contributed by atoms with Crippen molar-refractivity contribution in [3.8, 4) is 0 Å². The molecular formula is C15H22ClN3O2. The molecule has 0 bridgehead atoms.